The van der Waals surface area contributed by atoms with Crippen molar-refractivity contribution in [2.45, 2.75) is 62.7 Å². The third-order valence-corrected chi connectivity index (χ3v) is 7.39. The van der Waals surface area contributed by atoms with Gasteiger partial charge >= 0.3 is 0 Å². The minimum absolute atomic E-state index is 0. The molecule has 2 atom stereocenters. The molecule has 0 bridgehead atoms. The number of carbonyl (C=O) groups excluding carboxylic acids is 1. The number of carbonyl (C=O) groups is 1. The highest BCUT2D eigenvalue weighted by Crippen LogP contribution is 2.28. The van der Waals surface area contributed by atoms with E-state index in [1.165, 1.54) is 0 Å². The molecular formula is C16H30ClN3O3S. The van der Waals surface area contributed by atoms with Gasteiger partial charge < -0.3 is 10.2 Å². The van der Waals surface area contributed by atoms with E-state index in [1.807, 2.05) is 4.90 Å². The van der Waals surface area contributed by atoms with Gasteiger partial charge in [0.15, 0.2) is 0 Å². The second-order valence-corrected chi connectivity index (χ2v) is 9.23. The highest BCUT2D eigenvalue weighted by atomic mass is 35.5. The van der Waals surface area contributed by atoms with Gasteiger partial charge in [0.05, 0.1) is 5.25 Å². The number of nitrogens with zero attached hydrogens (tertiary/aromatic N) is 1. The Kier molecular flexibility index (Phi) is 7.34. The second-order valence-electron chi connectivity index (χ2n) is 7.24. The summed E-state index contributed by atoms with van der Waals surface area (Å²) in [6.07, 6.45) is 7.53. The van der Waals surface area contributed by atoms with Crippen LogP contribution >= 0.6 is 12.4 Å². The summed E-state index contributed by atoms with van der Waals surface area (Å²) in [7, 11) is -3.36. The van der Waals surface area contributed by atoms with Crippen LogP contribution in [0.5, 0.6) is 0 Å². The lowest BCUT2D eigenvalue weighted by molar-refractivity contribution is -0.136. The maximum Gasteiger partial charge on any atom is 0.225 e. The standard InChI is InChI=1S/C16H29N3O3S.ClH/c20-16(13-5-1-2-6-13)19-10-4-8-15(12-19)23(21,22)18-14-7-3-9-17-11-14;/h13-15,17-18H,1-12H2;1H. The van der Waals surface area contributed by atoms with Crippen molar-refractivity contribution in [2.24, 2.45) is 5.92 Å². The predicted octanol–water partition coefficient (Wildman–Crippen LogP) is 1.26. The number of amides is 1. The molecule has 0 aromatic rings. The van der Waals surface area contributed by atoms with Gasteiger partial charge in [-0.3, -0.25) is 4.79 Å². The molecule has 1 saturated carbocycles. The summed E-state index contributed by atoms with van der Waals surface area (Å²) in [6.45, 7) is 2.75. The second kappa shape index (κ2) is 8.83. The number of halogens is 1. The van der Waals surface area contributed by atoms with Gasteiger partial charge in [-0.05, 0) is 45.1 Å². The fraction of sp³-hybridized carbons (Fsp3) is 0.938. The fourth-order valence-electron chi connectivity index (χ4n) is 4.10. The summed E-state index contributed by atoms with van der Waals surface area (Å²) in [5, 5.41) is 2.78. The van der Waals surface area contributed by atoms with Crippen molar-refractivity contribution in [3.05, 3.63) is 0 Å². The Bertz CT molecular complexity index is 517. The maximum absolute atomic E-state index is 12.7. The first-order valence-electron chi connectivity index (χ1n) is 9.07. The smallest absolute Gasteiger partial charge is 0.225 e. The third kappa shape index (κ3) is 4.84. The van der Waals surface area contributed by atoms with E-state index in [0.717, 1.165) is 51.5 Å². The zero-order valence-corrected chi connectivity index (χ0v) is 15.8. The average molecular weight is 380 g/mol. The molecule has 2 saturated heterocycles. The first-order chi connectivity index (χ1) is 11.1. The number of piperidine rings is 2. The van der Waals surface area contributed by atoms with Crippen molar-refractivity contribution in [1.82, 2.24) is 14.9 Å². The summed E-state index contributed by atoms with van der Waals surface area (Å²) in [5.74, 6) is 0.314. The molecule has 3 fully saturated rings. The molecule has 0 aromatic heterocycles. The number of hydrogen-bond donors (Lipinski definition) is 2. The fourth-order valence-corrected chi connectivity index (χ4v) is 5.81. The molecule has 2 N–H and O–H groups in total. The van der Waals surface area contributed by atoms with Gasteiger partial charge in [-0.15, -0.1) is 12.4 Å². The molecule has 0 spiro atoms. The molecular weight excluding hydrogens is 350 g/mol. The first kappa shape index (κ1) is 19.9. The Morgan fingerprint density at radius 1 is 1.04 bits per heavy atom. The summed E-state index contributed by atoms with van der Waals surface area (Å²) < 4.78 is 28.2. The molecule has 2 heterocycles. The van der Waals surface area contributed by atoms with Crippen LogP contribution < -0.4 is 10.0 Å². The van der Waals surface area contributed by atoms with Gasteiger partial charge in [0.2, 0.25) is 15.9 Å². The molecule has 0 radical (unpaired) electrons. The highest BCUT2D eigenvalue weighted by Gasteiger charge is 2.36. The van der Waals surface area contributed by atoms with E-state index in [1.54, 1.807) is 0 Å². The van der Waals surface area contributed by atoms with Crippen LogP contribution in [0.15, 0.2) is 0 Å². The zero-order valence-electron chi connectivity index (χ0n) is 14.2. The third-order valence-electron chi connectivity index (χ3n) is 5.46. The Labute approximate surface area is 151 Å². The van der Waals surface area contributed by atoms with E-state index < -0.39 is 15.3 Å². The number of nitrogens with one attached hydrogen (secondary N) is 2. The normalized spacial score (nSPS) is 29.2. The van der Waals surface area contributed by atoms with Crippen LogP contribution in [0, 0.1) is 5.92 Å². The number of rotatable bonds is 4. The summed E-state index contributed by atoms with van der Waals surface area (Å²) >= 11 is 0. The van der Waals surface area contributed by atoms with E-state index in [0.29, 0.717) is 26.1 Å². The van der Waals surface area contributed by atoms with Gasteiger partial charge in [-0.2, -0.15) is 0 Å². The van der Waals surface area contributed by atoms with Crippen LogP contribution in [0.25, 0.3) is 0 Å². The highest BCUT2D eigenvalue weighted by molar-refractivity contribution is 7.90. The largest absolute Gasteiger partial charge is 0.341 e. The van der Waals surface area contributed by atoms with Crippen LogP contribution in [-0.4, -0.2) is 56.7 Å². The average Bonchev–Trinajstić information content (AvgIpc) is 3.09. The predicted molar refractivity (Wildman–Crippen MR) is 96.8 cm³/mol. The zero-order chi connectivity index (χ0) is 16.3. The van der Waals surface area contributed by atoms with Crippen molar-refractivity contribution >= 4 is 28.3 Å². The van der Waals surface area contributed by atoms with Crippen LogP contribution in [0.2, 0.25) is 0 Å². The Balaban J connectivity index is 0.00000208. The van der Waals surface area contributed by atoms with Crippen LogP contribution in [0.4, 0.5) is 0 Å². The molecule has 140 valence electrons. The maximum atomic E-state index is 12.7. The number of hydrogen-bond acceptors (Lipinski definition) is 4. The van der Waals surface area contributed by atoms with E-state index in [4.69, 9.17) is 0 Å². The first-order valence-corrected chi connectivity index (χ1v) is 10.6. The summed E-state index contributed by atoms with van der Waals surface area (Å²) in [4.78, 5) is 14.4. The van der Waals surface area contributed by atoms with Crippen molar-refractivity contribution in [3.63, 3.8) is 0 Å². The molecule has 24 heavy (non-hydrogen) atoms. The van der Waals surface area contributed by atoms with Gasteiger partial charge in [0.1, 0.15) is 0 Å². The molecule has 3 aliphatic rings. The molecule has 1 aliphatic carbocycles. The van der Waals surface area contributed by atoms with Crippen molar-refractivity contribution in [2.75, 3.05) is 26.2 Å². The molecule has 8 heteroatoms. The lowest BCUT2D eigenvalue weighted by Crippen LogP contribution is -2.53. The summed E-state index contributed by atoms with van der Waals surface area (Å²) in [5.41, 5.74) is 0. The Morgan fingerprint density at radius 2 is 1.79 bits per heavy atom. The molecule has 1 amide bonds. The lowest BCUT2D eigenvalue weighted by Gasteiger charge is -2.35. The van der Waals surface area contributed by atoms with E-state index in [2.05, 4.69) is 10.0 Å². The van der Waals surface area contributed by atoms with Gasteiger partial charge in [0.25, 0.3) is 0 Å². The lowest BCUT2D eigenvalue weighted by atomic mass is 10.0. The van der Waals surface area contributed by atoms with E-state index in [9.17, 15) is 13.2 Å². The Morgan fingerprint density at radius 3 is 2.46 bits per heavy atom. The van der Waals surface area contributed by atoms with Gasteiger partial charge in [0, 0.05) is 31.6 Å². The molecule has 0 aromatic carbocycles. The minimum atomic E-state index is -3.36. The Hall–Kier alpha value is -0.370. The number of sulfonamides is 1. The molecule has 2 unspecified atom stereocenters. The molecule has 3 rings (SSSR count). The quantitative estimate of drug-likeness (QED) is 0.770. The van der Waals surface area contributed by atoms with Crippen LogP contribution in [0.1, 0.15) is 51.4 Å². The monoisotopic (exact) mass is 379 g/mol. The van der Waals surface area contributed by atoms with Crippen LogP contribution in [-0.2, 0) is 14.8 Å². The topological polar surface area (TPSA) is 78.5 Å². The SMILES string of the molecule is Cl.O=C(C1CCCC1)N1CCCC(S(=O)(=O)NC2CCCNC2)C1. The van der Waals surface area contributed by atoms with Crippen molar-refractivity contribution in [3.8, 4) is 0 Å². The van der Waals surface area contributed by atoms with E-state index in [-0.39, 0.29) is 30.3 Å². The van der Waals surface area contributed by atoms with E-state index >= 15 is 0 Å². The van der Waals surface area contributed by atoms with Crippen molar-refractivity contribution < 1.29 is 13.2 Å². The minimum Gasteiger partial charge on any atom is -0.341 e. The number of likely N-dealkylation sites (tertiary alicyclic amines) is 1. The van der Waals surface area contributed by atoms with Crippen LogP contribution in [0.3, 0.4) is 0 Å². The molecule has 2 aliphatic heterocycles. The van der Waals surface area contributed by atoms with Crippen molar-refractivity contribution in [1.29, 1.82) is 0 Å². The summed E-state index contributed by atoms with van der Waals surface area (Å²) in [6, 6.07) is -0.00494. The van der Waals surface area contributed by atoms with Gasteiger partial charge in [-0.25, -0.2) is 13.1 Å². The molecule has 6 nitrogen and oxygen atoms in total. The van der Waals surface area contributed by atoms with Gasteiger partial charge in [-0.1, -0.05) is 12.8 Å².